The molecule has 1 radical (unpaired) electrons. The SMILES string of the molecule is CC1(O)CN(c2ncnc3[n-]ncc23)C1.[Re]. The molecule has 2 aromatic heterocycles. The average molecular weight is 390 g/mol. The van der Waals surface area contributed by atoms with Crippen LogP contribution in [0.5, 0.6) is 0 Å². The van der Waals surface area contributed by atoms with E-state index in [9.17, 15) is 5.11 Å². The van der Waals surface area contributed by atoms with Gasteiger partial charge in [0.05, 0.1) is 5.60 Å². The summed E-state index contributed by atoms with van der Waals surface area (Å²) < 4.78 is 0. The molecule has 0 spiro atoms. The van der Waals surface area contributed by atoms with Gasteiger partial charge in [0.1, 0.15) is 5.82 Å². The van der Waals surface area contributed by atoms with E-state index in [1.165, 1.54) is 6.33 Å². The molecule has 7 heteroatoms. The van der Waals surface area contributed by atoms with Crippen LogP contribution in [-0.2, 0) is 20.4 Å². The predicted octanol–water partition coefficient (Wildman–Crippen LogP) is -0.450. The fraction of sp³-hybridized carbons (Fsp3) is 0.444. The van der Waals surface area contributed by atoms with Gasteiger partial charge < -0.3 is 20.1 Å². The molecule has 1 aliphatic heterocycles. The van der Waals surface area contributed by atoms with Crippen molar-refractivity contribution in [3.05, 3.63) is 12.5 Å². The molecule has 0 atom stereocenters. The van der Waals surface area contributed by atoms with Crippen LogP contribution in [0.4, 0.5) is 5.82 Å². The number of anilines is 1. The first kappa shape index (κ1) is 11.5. The first-order valence-corrected chi connectivity index (χ1v) is 4.72. The Kier molecular flexibility index (Phi) is 2.70. The van der Waals surface area contributed by atoms with Crippen LogP contribution in [-0.4, -0.2) is 38.9 Å². The number of nitrogens with zero attached hydrogens (tertiary/aromatic N) is 5. The Morgan fingerprint density at radius 1 is 1.44 bits per heavy atom. The van der Waals surface area contributed by atoms with E-state index in [1.807, 2.05) is 11.8 Å². The van der Waals surface area contributed by atoms with Crippen LogP contribution in [0.15, 0.2) is 12.5 Å². The fourth-order valence-corrected chi connectivity index (χ4v) is 1.89. The van der Waals surface area contributed by atoms with Crippen LogP contribution in [0.2, 0.25) is 0 Å². The maximum atomic E-state index is 9.65. The predicted molar refractivity (Wildman–Crippen MR) is 53.5 cm³/mol. The summed E-state index contributed by atoms with van der Waals surface area (Å²) >= 11 is 0. The maximum absolute atomic E-state index is 9.65. The molecule has 3 heterocycles. The zero-order valence-corrected chi connectivity index (χ0v) is 11.3. The molecule has 6 nitrogen and oxygen atoms in total. The summed E-state index contributed by atoms with van der Waals surface area (Å²) in [6.45, 7) is 2.98. The van der Waals surface area contributed by atoms with Crippen LogP contribution in [0, 0.1) is 0 Å². The zero-order chi connectivity index (χ0) is 10.5. The van der Waals surface area contributed by atoms with Gasteiger partial charge in [-0.15, -0.1) is 0 Å². The van der Waals surface area contributed by atoms with E-state index in [0.717, 1.165) is 11.2 Å². The second kappa shape index (κ2) is 3.77. The summed E-state index contributed by atoms with van der Waals surface area (Å²) in [6, 6.07) is 0. The number of aromatic nitrogens is 4. The standard InChI is InChI=1S/C9H10N5O.Re/c1-9(15)3-14(4-9)8-6-2-12-13-7(6)10-5-11-8;/h2,5,15H,3-4H2,1H3;/q-1;. The molecule has 3 rings (SSSR count). The molecule has 2 aromatic rings. The van der Waals surface area contributed by atoms with E-state index in [1.54, 1.807) is 6.20 Å². The van der Waals surface area contributed by atoms with Crippen molar-refractivity contribution in [2.75, 3.05) is 18.0 Å². The molecule has 0 aromatic carbocycles. The van der Waals surface area contributed by atoms with Gasteiger partial charge in [0, 0.05) is 51.4 Å². The van der Waals surface area contributed by atoms with E-state index < -0.39 is 5.60 Å². The number of rotatable bonds is 1. The summed E-state index contributed by atoms with van der Waals surface area (Å²) in [7, 11) is 0. The summed E-state index contributed by atoms with van der Waals surface area (Å²) in [4.78, 5) is 10.2. The molecule has 1 aliphatic rings. The Morgan fingerprint density at radius 2 is 2.19 bits per heavy atom. The largest absolute Gasteiger partial charge is 0.425 e. The Bertz CT molecular complexity index is 503. The van der Waals surface area contributed by atoms with Gasteiger partial charge in [0.25, 0.3) is 0 Å². The Hall–Kier alpha value is -1.03. The molecular formula is C9H10N5ORe-. The molecular weight excluding hydrogens is 380 g/mol. The van der Waals surface area contributed by atoms with E-state index in [4.69, 9.17) is 0 Å². The smallest absolute Gasteiger partial charge is 0.137 e. The van der Waals surface area contributed by atoms with Crippen molar-refractivity contribution in [3.63, 3.8) is 0 Å². The van der Waals surface area contributed by atoms with Gasteiger partial charge in [0.15, 0.2) is 0 Å². The van der Waals surface area contributed by atoms with Crippen LogP contribution < -0.4 is 10.00 Å². The Morgan fingerprint density at radius 3 is 2.88 bits per heavy atom. The first-order chi connectivity index (χ1) is 7.16. The van der Waals surface area contributed by atoms with Crippen molar-refractivity contribution in [2.45, 2.75) is 12.5 Å². The van der Waals surface area contributed by atoms with Gasteiger partial charge in [0.2, 0.25) is 0 Å². The summed E-state index contributed by atoms with van der Waals surface area (Å²) in [5.74, 6) is 0.802. The molecule has 0 amide bonds. The van der Waals surface area contributed by atoms with Gasteiger partial charge >= 0.3 is 0 Å². The first-order valence-electron chi connectivity index (χ1n) is 4.72. The van der Waals surface area contributed by atoms with Crippen molar-refractivity contribution in [2.24, 2.45) is 0 Å². The second-order valence-electron chi connectivity index (χ2n) is 4.13. The Labute approximate surface area is 106 Å². The van der Waals surface area contributed by atoms with Crippen molar-refractivity contribution in [3.8, 4) is 0 Å². The maximum Gasteiger partial charge on any atom is 0.137 e. The summed E-state index contributed by atoms with van der Waals surface area (Å²) in [5.41, 5.74) is -0.00314. The van der Waals surface area contributed by atoms with Gasteiger partial charge in [-0.1, -0.05) is 0 Å². The van der Waals surface area contributed by atoms with Crippen LogP contribution >= 0.6 is 0 Å². The van der Waals surface area contributed by atoms with Gasteiger partial charge in [-0.25, -0.2) is 4.98 Å². The van der Waals surface area contributed by atoms with Crippen LogP contribution in [0.3, 0.4) is 0 Å². The van der Waals surface area contributed by atoms with Crippen molar-refractivity contribution in [1.82, 2.24) is 20.2 Å². The van der Waals surface area contributed by atoms with Crippen molar-refractivity contribution < 1.29 is 25.5 Å². The molecule has 85 valence electrons. The molecule has 16 heavy (non-hydrogen) atoms. The number of aliphatic hydroxyl groups is 1. The average Bonchev–Trinajstić information content (AvgIpc) is 2.60. The molecule has 0 unspecified atom stereocenters. The number of β-amino-alcohol motifs (C(OH)–C–C–N with tert-alkyl or cyclic N) is 1. The third-order valence-corrected chi connectivity index (χ3v) is 2.54. The minimum Gasteiger partial charge on any atom is -0.425 e. The van der Waals surface area contributed by atoms with Crippen LogP contribution in [0.1, 0.15) is 6.92 Å². The second-order valence-corrected chi connectivity index (χ2v) is 4.13. The quantitative estimate of drug-likeness (QED) is 0.711. The number of hydrogen-bond donors (Lipinski definition) is 1. The molecule has 0 aliphatic carbocycles. The van der Waals surface area contributed by atoms with Gasteiger partial charge in [-0.05, 0) is 12.6 Å². The minimum absolute atomic E-state index is 0. The van der Waals surface area contributed by atoms with E-state index in [0.29, 0.717) is 18.7 Å². The van der Waals surface area contributed by atoms with Crippen molar-refractivity contribution in [1.29, 1.82) is 0 Å². The zero-order valence-electron chi connectivity index (χ0n) is 8.63. The number of fused-ring (bicyclic) bond motifs is 1. The van der Waals surface area contributed by atoms with Gasteiger partial charge in [-0.3, -0.25) is 5.10 Å². The Balaban J connectivity index is 0.000000963. The van der Waals surface area contributed by atoms with E-state index >= 15 is 0 Å². The molecule has 1 fully saturated rings. The van der Waals surface area contributed by atoms with Gasteiger partial charge in [-0.2, -0.15) is 0 Å². The molecule has 1 saturated heterocycles. The van der Waals surface area contributed by atoms with Crippen LogP contribution in [0.25, 0.3) is 11.0 Å². The third-order valence-electron chi connectivity index (χ3n) is 2.54. The molecule has 0 bridgehead atoms. The van der Waals surface area contributed by atoms with Crippen molar-refractivity contribution >= 4 is 16.9 Å². The molecule has 1 N–H and O–H groups in total. The van der Waals surface area contributed by atoms with E-state index in [-0.39, 0.29) is 20.4 Å². The van der Waals surface area contributed by atoms with E-state index in [2.05, 4.69) is 20.2 Å². The minimum atomic E-state index is -0.606. The monoisotopic (exact) mass is 391 g/mol. The fourth-order valence-electron chi connectivity index (χ4n) is 1.89. The summed E-state index contributed by atoms with van der Waals surface area (Å²) in [5, 5.41) is 18.2. The number of hydrogen-bond acceptors (Lipinski definition) is 5. The third kappa shape index (κ3) is 1.71. The topological polar surface area (TPSA) is 76.2 Å². The summed E-state index contributed by atoms with van der Waals surface area (Å²) in [6.07, 6.45) is 3.12. The molecule has 0 saturated carbocycles. The normalized spacial score (nSPS) is 18.0.